The summed E-state index contributed by atoms with van der Waals surface area (Å²) >= 11 is 0. The van der Waals surface area contributed by atoms with Crippen molar-refractivity contribution in [1.29, 1.82) is 0 Å². The lowest BCUT2D eigenvalue weighted by molar-refractivity contribution is -0.147. The van der Waals surface area contributed by atoms with Crippen molar-refractivity contribution in [2.45, 2.75) is 12.7 Å². The molecule has 0 saturated heterocycles. The molecule has 1 aromatic carbocycles. The summed E-state index contributed by atoms with van der Waals surface area (Å²) in [5.74, 6) is -2.37. The molecule has 0 atom stereocenters. The maximum absolute atomic E-state index is 12.7. The van der Waals surface area contributed by atoms with Gasteiger partial charge in [-0.3, -0.25) is 9.36 Å². The molecule has 26 heavy (non-hydrogen) atoms. The third kappa shape index (κ3) is 4.10. The van der Waals surface area contributed by atoms with Crippen LogP contribution in [0.3, 0.4) is 0 Å². The zero-order chi connectivity index (χ0) is 19.5. The molecule has 1 amide bonds. The molecule has 0 radical (unpaired) electrons. The smallest absolute Gasteiger partial charge is 0.451 e. The molecule has 140 valence electrons. The van der Waals surface area contributed by atoms with Crippen molar-refractivity contribution < 1.29 is 27.5 Å². The van der Waals surface area contributed by atoms with Gasteiger partial charge in [0.15, 0.2) is 0 Å². The average molecular weight is 372 g/mol. The second-order valence-corrected chi connectivity index (χ2v) is 5.21. The van der Waals surface area contributed by atoms with E-state index in [1.54, 1.807) is 0 Å². The highest BCUT2D eigenvalue weighted by atomic mass is 19.4. The number of amides is 1. The fraction of sp³-hybridized carbons (Fsp3) is 0.333. The van der Waals surface area contributed by atoms with E-state index in [1.807, 2.05) is 0 Å². The Hall–Kier alpha value is -3.11. The first-order valence-electron chi connectivity index (χ1n) is 7.32. The van der Waals surface area contributed by atoms with Gasteiger partial charge < -0.3 is 10.1 Å². The third-order valence-electron chi connectivity index (χ3n) is 3.47. The number of hydrogen-bond acceptors (Lipinski definition) is 5. The van der Waals surface area contributed by atoms with Crippen LogP contribution in [0.4, 0.5) is 13.2 Å². The van der Waals surface area contributed by atoms with Crippen LogP contribution in [0, 0.1) is 0 Å². The summed E-state index contributed by atoms with van der Waals surface area (Å²) in [6.45, 7) is -0.333. The number of carbonyl (C=O) groups is 2. The highest BCUT2D eigenvalue weighted by Crippen LogP contribution is 2.25. The Morgan fingerprint density at radius 1 is 1.19 bits per heavy atom. The summed E-state index contributed by atoms with van der Waals surface area (Å²) in [5.41, 5.74) is -0.431. The minimum Gasteiger partial charge on any atom is -0.465 e. The minimum absolute atomic E-state index is 0.105. The van der Waals surface area contributed by atoms with E-state index in [4.69, 9.17) is 0 Å². The first-order valence-corrected chi connectivity index (χ1v) is 7.32. The summed E-state index contributed by atoms with van der Waals surface area (Å²) in [6.07, 6.45) is -4.75. The summed E-state index contributed by atoms with van der Waals surface area (Å²) in [6, 6.07) is 5.60. The van der Waals surface area contributed by atoms with Gasteiger partial charge >= 0.3 is 17.8 Å². The van der Waals surface area contributed by atoms with Crippen molar-refractivity contribution >= 4 is 11.9 Å². The van der Waals surface area contributed by atoms with Crippen LogP contribution in [0.2, 0.25) is 0 Å². The second-order valence-electron chi connectivity index (χ2n) is 5.21. The van der Waals surface area contributed by atoms with Crippen LogP contribution in [0.25, 0.3) is 0 Å². The molecular formula is C15H15F3N4O4. The topological polar surface area (TPSA) is 95.2 Å². The lowest BCUT2D eigenvalue weighted by Crippen LogP contribution is -2.31. The Kier molecular flexibility index (Phi) is 5.48. The lowest BCUT2D eigenvalue weighted by atomic mass is 10.1. The van der Waals surface area contributed by atoms with Crippen LogP contribution in [0.1, 0.15) is 26.5 Å². The Bertz CT molecular complexity index is 868. The number of esters is 1. The molecule has 0 aliphatic carbocycles. The van der Waals surface area contributed by atoms with Gasteiger partial charge in [-0.25, -0.2) is 14.3 Å². The monoisotopic (exact) mass is 372 g/mol. The van der Waals surface area contributed by atoms with E-state index in [-0.39, 0.29) is 24.2 Å². The molecule has 2 rings (SSSR count). The summed E-state index contributed by atoms with van der Waals surface area (Å²) in [5, 5.41) is 5.69. The average Bonchev–Trinajstić information content (AvgIpc) is 2.89. The predicted octanol–water partition coefficient (Wildman–Crippen LogP) is 0.817. The van der Waals surface area contributed by atoms with Crippen LogP contribution < -0.4 is 11.0 Å². The van der Waals surface area contributed by atoms with Gasteiger partial charge in [-0.05, 0) is 24.3 Å². The highest BCUT2D eigenvalue weighted by Gasteiger charge is 2.37. The number of ether oxygens (including phenoxy) is 1. The normalized spacial score (nSPS) is 11.3. The van der Waals surface area contributed by atoms with E-state index in [2.05, 4.69) is 15.2 Å². The van der Waals surface area contributed by atoms with Crippen molar-refractivity contribution in [2.75, 3.05) is 13.7 Å². The van der Waals surface area contributed by atoms with Gasteiger partial charge in [0.1, 0.15) is 0 Å². The van der Waals surface area contributed by atoms with Gasteiger partial charge in [-0.1, -0.05) is 0 Å². The number of hydrogen-bond donors (Lipinski definition) is 1. The van der Waals surface area contributed by atoms with Gasteiger partial charge in [0.05, 0.1) is 19.2 Å². The van der Waals surface area contributed by atoms with Crippen molar-refractivity contribution in [2.24, 2.45) is 7.05 Å². The Labute approximate surface area is 145 Å². The molecule has 0 bridgehead atoms. The van der Waals surface area contributed by atoms with Crippen LogP contribution in [0.5, 0.6) is 0 Å². The molecular weight excluding hydrogens is 357 g/mol. The van der Waals surface area contributed by atoms with Gasteiger partial charge in [-0.2, -0.15) is 13.2 Å². The quantitative estimate of drug-likeness (QED) is 0.784. The maximum Gasteiger partial charge on any atom is 0.451 e. The number of methoxy groups -OCH3 is 1. The Morgan fingerprint density at radius 3 is 2.27 bits per heavy atom. The number of nitrogens with one attached hydrogen (secondary N) is 1. The van der Waals surface area contributed by atoms with Crippen LogP contribution in [-0.4, -0.2) is 39.9 Å². The summed E-state index contributed by atoms with van der Waals surface area (Å²) < 4.78 is 43.6. The van der Waals surface area contributed by atoms with Gasteiger partial charge in [0.25, 0.3) is 5.91 Å². The Morgan fingerprint density at radius 2 is 1.77 bits per heavy atom. The van der Waals surface area contributed by atoms with Crippen molar-refractivity contribution in [3.63, 3.8) is 0 Å². The first-order chi connectivity index (χ1) is 12.1. The van der Waals surface area contributed by atoms with Crippen molar-refractivity contribution in [1.82, 2.24) is 19.7 Å². The van der Waals surface area contributed by atoms with Crippen molar-refractivity contribution in [3.8, 4) is 0 Å². The summed E-state index contributed by atoms with van der Waals surface area (Å²) in [4.78, 5) is 35.0. The molecule has 11 heteroatoms. The molecule has 1 N–H and O–H groups in total. The number of benzene rings is 1. The number of aromatic nitrogens is 3. The third-order valence-corrected chi connectivity index (χ3v) is 3.47. The molecule has 0 spiro atoms. The fourth-order valence-corrected chi connectivity index (χ4v) is 2.13. The number of rotatable bonds is 5. The fourth-order valence-electron chi connectivity index (χ4n) is 2.13. The number of halogens is 3. The van der Waals surface area contributed by atoms with E-state index in [0.717, 1.165) is 7.05 Å². The number of nitrogens with zero attached hydrogens (tertiary/aromatic N) is 3. The SMILES string of the molecule is COC(=O)c1ccc(C(=O)NCCn2nc(C(F)(F)F)n(C)c2=O)cc1. The first kappa shape index (κ1) is 19.2. The van der Waals surface area contributed by atoms with E-state index in [1.165, 1.54) is 31.4 Å². The molecule has 1 aromatic heterocycles. The van der Waals surface area contributed by atoms with E-state index < -0.39 is 29.6 Å². The lowest BCUT2D eigenvalue weighted by Gasteiger charge is -2.06. The van der Waals surface area contributed by atoms with Gasteiger partial charge in [0, 0.05) is 19.2 Å². The predicted molar refractivity (Wildman–Crippen MR) is 82.6 cm³/mol. The van der Waals surface area contributed by atoms with Gasteiger partial charge in [0.2, 0.25) is 5.82 Å². The van der Waals surface area contributed by atoms with Crippen LogP contribution in [0.15, 0.2) is 29.1 Å². The summed E-state index contributed by atoms with van der Waals surface area (Å²) in [7, 11) is 2.20. The zero-order valence-electron chi connectivity index (χ0n) is 13.8. The van der Waals surface area contributed by atoms with Crippen molar-refractivity contribution in [3.05, 3.63) is 51.7 Å². The standard InChI is InChI=1S/C15H15F3N4O4/c1-21-13(15(16,17)18)20-22(14(21)25)8-7-19-11(23)9-3-5-10(6-4-9)12(24)26-2/h3-6H,7-8H2,1-2H3,(H,19,23). The molecule has 1 heterocycles. The number of carbonyl (C=O) groups excluding carboxylic acids is 2. The minimum atomic E-state index is -4.75. The Balaban J connectivity index is 1.99. The molecule has 0 aliphatic rings. The number of alkyl halides is 3. The van der Waals surface area contributed by atoms with Crippen LogP contribution in [-0.2, 0) is 24.5 Å². The molecule has 8 nitrogen and oxygen atoms in total. The van der Waals surface area contributed by atoms with Crippen LogP contribution >= 0.6 is 0 Å². The second kappa shape index (κ2) is 7.42. The van der Waals surface area contributed by atoms with Gasteiger partial charge in [-0.15, -0.1) is 5.10 Å². The largest absolute Gasteiger partial charge is 0.465 e. The molecule has 0 fully saturated rings. The molecule has 2 aromatic rings. The molecule has 0 aliphatic heterocycles. The maximum atomic E-state index is 12.7. The zero-order valence-corrected chi connectivity index (χ0v) is 13.8. The van der Waals surface area contributed by atoms with E-state index in [9.17, 15) is 27.6 Å². The molecule has 0 unspecified atom stereocenters. The van der Waals surface area contributed by atoms with E-state index in [0.29, 0.717) is 9.25 Å². The highest BCUT2D eigenvalue weighted by molar-refractivity contribution is 5.96. The van der Waals surface area contributed by atoms with E-state index >= 15 is 0 Å². The molecule has 0 saturated carbocycles.